The molecule has 0 saturated heterocycles. The summed E-state index contributed by atoms with van der Waals surface area (Å²) >= 11 is 0. The van der Waals surface area contributed by atoms with Crippen LogP contribution in [0.1, 0.15) is 6.92 Å². The van der Waals surface area contributed by atoms with E-state index in [0.29, 0.717) is 0 Å². The van der Waals surface area contributed by atoms with Crippen molar-refractivity contribution in [2.24, 2.45) is 0 Å². The van der Waals surface area contributed by atoms with Crippen molar-refractivity contribution in [3.05, 3.63) is 0 Å². The summed E-state index contributed by atoms with van der Waals surface area (Å²) in [6, 6.07) is 0. The number of rotatable bonds is 2. The van der Waals surface area contributed by atoms with Crippen molar-refractivity contribution in [3.8, 4) is 0 Å². The molecule has 6 nitrogen and oxygen atoms in total. The summed E-state index contributed by atoms with van der Waals surface area (Å²) in [5, 5.41) is 1.33. The highest BCUT2D eigenvalue weighted by Crippen LogP contribution is 2.27. The summed E-state index contributed by atoms with van der Waals surface area (Å²) in [6.45, 7) is 1.60. The van der Waals surface area contributed by atoms with Crippen molar-refractivity contribution >= 4 is 13.8 Å². The standard InChI is InChI=1S/C3H8NO5P/c1-2-9-3(5)4-10(6,7)8/h2H2,1H3,(H3,4,5,6,7,8). The summed E-state index contributed by atoms with van der Waals surface area (Å²) in [5.41, 5.74) is 0. The number of ether oxygens (including phenoxy) is 1. The Bertz CT molecular complexity index is 162. The van der Waals surface area contributed by atoms with Crippen LogP contribution in [0.25, 0.3) is 0 Å². The molecule has 0 atom stereocenters. The third kappa shape index (κ3) is 5.55. The third-order valence-electron chi connectivity index (χ3n) is 0.512. The van der Waals surface area contributed by atoms with E-state index in [1.807, 2.05) is 0 Å². The zero-order valence-corrected chi connectivity index (χ0v) is 6.17. The van der Waals surface area contributed by atoms with Crippen molar-refractivity contribution in [1.29, 1.82) is 0 Å². The highest BCUT2D eigenvalue weighted by molar-refractivity contribution is 7.50. The summed E-state index contributed by atoms with van der Waals surface area (Å²) in [6.07, 6.45) is -1.11. The summed E-state index contributed by atoms with van der Waals surface area (Å²) in [7, 11) is -4.48. The maximum absolute atomic E-state index is 10.2. The average Bonchev–Trinajstić information content (AvgIpc) is 1.59. The van der Waals surface area contributed by atoms with Crippen molar-refractivity contribution in [2.75, 3.05) is 6.61 Å². The van der Waals surface area contributed by atoms with Gasteiger partial charge in [0.25, 0.3) is 0 Å². The predicted octanol–water partition coefficient (Wildman–Crippen LogP) is -0.175. The third-order valence-corrected chi connectivity index (χ3v) is 0.986. The summed E-state index contributed by atoms with van der Waals surface area (Å²) < 4.78 is 14.2. The van der Waals surface area contributed by atoms with E-state index in [1.54, 1.807) is 0 Å². The first-order valence-corrected chi connectivity index (χ1v) is 4.07. The number of nitrogens with one attached hydrogen (secondary N) is 1. The maximum atomic E-state index is 10.2. The second-order valence-electron chi connectivity index (χ2n) is 1.38. The topological polar surface area (TPSA) is 95.9 Å². The zero-order valence-electron chi connectivity index (χ0n) is 5.27. The Hall–Kier alpha value is -0.580. The maximum Gasteiger partial charge on any atom is 0.432 e. The molecular weight excluding hydrogens is 161 g/mol. The van der Waals surface area contributed by atoms with E-state index in [1.165, 1.54) is 12.0 Å². The van der Waals surface area contributed by atoms with Gasteiger partial charge in [0, 0.05) is 0 Å². The van der Waals surface area contributed by atoms with E-state index in [0.717, 1.165) is 0 Å². The van der Waals surface area contributed by atoms with Gasteiger partial charge in [0.2, 0.25) is 0 Å². The lowest BCUT2D eigenvalue weighted by Crippen LogP contribution is -2.20. The minimum Gasteiger partial charge on any atom is -0.450 e. The van der Waals surface area contributed by atoms with Crippen LogP contribution in [-0.2, 0) is 9.30 Å². The van der Waals surface area contributed by atoms with E-state index in [2.05, 4.69) is 4.74 Å². The van der Waals surface area contributed by atoms with Gasteiger partial charge in [0.05, 0.1) is 6.61 Å². The first-order valence-electron chi connectivity index (χ1n) is 2.46. The second-order valence-corrected chi connectivity index (χ2v) is 2.69. The molecule has 0 bridgehead atoms. The Labute approximate surface area is 57.4 Å². The molecule has 0 aromatic heterocycles. The number of hydrogen-bond donors (Lipinski definition) is 3. The Morgan fingerprint density at radius 1 is 1.70 bits per heavy atom. The Kier molecular flexibility index (Phi) is 3.35. The van der Waals surface area contributed by atoms with Gasteiger partial charge in [-0.1, -0.05) is 0 Å². The molecule has 0 fully saturated rings. The fraction of sp³-hybridized carbons (Fsp3) is 0.667. The lowest BCUT2D eigenvalue weighted by atomic mass is 10.9. The van der Waals surface area contributed by atoms with Gasteiger partial charge in [-0.2, -0.15) is 0 Å². The SMILES string of the molecule is CCOC(=O)NP(=O)(O)O. The minimum atomic E-state index is -4.48. The van der Waals surface area contributed by atoms with E-state index in [-0.39, 0.29) is 6.61 Å². The van der Waals surface area contributed by atoms with Crippen LogP contribution >= 0.6 is 7.75 Å². The van der Waals surface area contributed by atoms with E-state index >= 15 is 0 Å². The quantitative estimate of drug-likeness (QED) is 0.498. The van der Waals surface area contributed by atoms with Gasteiger partial charge in [-0.25, -0.2) is 14.4 Å². The molecule has 0 aromatic carbocycles. The molecule has 0 rings (SSSR count). The monoisotopic (exact) mass is 169 g/mol. The highest BCUT2D eigenvalue weighted by atomic mass is 31.2. The molecule has 0 saturated carbocycles. The van der Waals surface area contributed by atoms with Gasteiger partial charge in [-0.3, -0.25) is 0 Å². The molecule has 3 N–H and O–H groups in total. The van der Waals surface area contributed by atoms with Crippen LogP contribution in [0.5, 0.6) is 0 Å². The van der Waals surface area contributed by atoms with Crippen LogP contribution in [0.2, 0.25) is 0 Å². The molecule has 0 unspecified atom stereocenters. The molecule has 0 aliphatic carbocycles. The molecule has 7 heteroatoms. The number of amides is 1. The molecule has 10 heavy (non-hydrogen) atoms. The number of carbonyl (C=O) groups is 1. The lowest BCUT2D eigenvalue weighted by molar-refractivity contribution is 0.156. The summed E-state index contributed by atoms with van der Waals surface area (Å²) in [4.78, 5) is 26.5. The predicted molar refractivity (Wildman–Crippen MR) is 32.2 cm³/mol. The van der Waals surface area contributed by atoms with Crippen molar-refractivity contribution in [3.63, 3.8) is 0 Å². The van der Waals surface area contributed by atoms with E-state index < -0.39 is 13.8 Å². The van der Waals surface area contributed by atoms with Crippen molar-refractivity contribution in [1.82, 2.24) is 5.09 Å². The van der Waals surface area contributed by atoms with Crippen molar-refractivity contribution in [2.45, 2.75) is 6.92 Å². The molecular formula is C3H8NO5P. The summed E-state index contributed by atoms with van der Waals surface area (Å²) in [5.74, 6) is 0. The Balaban J connectivity index is 3.70. The molecule has 0 heterocycles. The van der Waals surface area contributed by atoms with Crippen LogP contribution in [-0.4, -0.2) is 22.5 Å². The fourth-order valence-electron chi connectivity index (χ4n) is 0.282. The van der Waals surface area contributed by atoms with Crippen LogP contribution < -0.4 is 5.09 Å². The average molecular weight is 169 g/mol. The normalized spacial score (nSPS) is 10.7. The van der Waals surface area contributed by atoms with Crippen LogP contribution in [0.4, 0.5) is 4.79 Å². The van der Waals surface area contributed by atoms with Gasteiger partial charge >= 0.3 is 13.8 Å². The molecule has 0 aliphatic rings. The lowest BCUT2D eigenvalue weighted by Gasteiger charge is -2.04. The highest BCUT2D eigenvalue weighted by Gasteiger charge is 2.16. The van der Waals surface area contributed by atoms with Gasteiger partial charge in [-0.15, -0.1) is 0 Å². The molecule has 0 aromatic rings. The van der Waals surface area contributed by atoms with Gasteiger partial charge in [-0.05, 0) is 6.92 Å². The fourth-order valence-corrected chi connectivity index (χ4v) is 0.585. The molecule has 1 amide bonds. The first kappa shape index (κ1) is 9.42. The number of carbonyl (C=O) groups excluding carboxylic acids is 1. The smallest absolute Gasteiger partial charge is 0.432 e. The van der Waals surface area contributed by atoms with Crippen LogP contribution in [0, 0.1) is 0 Å². The molecule has 0 spiro atoms. The van der Waals surface area contributed by atoms with E-state index in [4.69, 9.17) is 9.79 Å². The van der Waals surface area contributed by atoms with Crippen molar-refractivity contribution < 1.29 is 23.9 Å². The van der Waals surface area contributed by atoms with Gasteiger partial charge < -0.3 is 14.5 Å². The van der Waals surface area contributed by atoms with E-state index in [9.17, 15) is 9.36 Å². The number of hydrogen-bond acceptors (Lipinski definition) is 3. The largest absolute Gasteiger partial charge is 0.450 e. The van der Waals surface area contributed by atoms with Crippen LogP contribution in [0.15, 0.2) is 0 Å². The molecule has 0 aliphatic heterocycles. The first-order chi connectivity index (χ1) is 4.45. The van der Waals surface area contributed by atoms with Gasteiger partial charge in [0.1, 0.15) is 0 Å². The second kappa shape index (κ2) is 3.55. The minimum absolute atomic E-state index is 0.0752. The Morgan fingerprint density at radius 3 is 2.50 bits per heavy atom. The molecule has 60 valence electrons. The van der Waals surface area contributed by atoms with Gasteiger partial charge in [0.15, 0.2) is 0 Å². The molecule has 0 radical (unpaired) electrons. The zero-order chi connectivity index (χ0) is 8.20. The van der Waals surface area contributed by atoms with Crippen LogP contribution in [0.3, 0.4) is 0 Å². The Morgan fingerprint density at radius 2 is 2.20 bits per heavy atom.